The second-order valence-corrected chi connectivity index (χ2v) is 11.0. The van der Waals surface area contributed by atoms with Crippen LogP contribution in [0, 0.1) is 29.1 Å². The molecule has 0 aliphatic heterocycles. The van der Waals surface area contributed by atoms with Gasteiger partial charge < -0.3 is 4.74 Å². The van der Waals surface area contributed by atoms with Crippen LogP contribution in [0.15, 0.2) is 85.1 Å². The monoisotopic (exact) mass is 677 g/mol. The highest BCUT2D eigenvalue weighted by molar-refractivity contribution is 5.70. The minimum absolute atomic E-state index is 0.277. The maximum atomic E-state index is 15.1. The molecule has 0 aliphatic carbocycles. The largest absolute Gasteiger partial charge is 0.432 e. The first-order valence-electron chi connectivity index (χ1n) is 14.7. The van der Waals surface area contributed by atoms with Crippen LogP contribution in [0.4, 0.5) is 43.9 Å². The zero-order chi connectivity index (χ0) is 34.8. The molecule has 0 radical (unpaired) electrons. The van der Waals surface area contributed by atoms with Crippen LogP contribution in [-0.2, 0) is 18.7 Å². The lowest BCUT2D eigenvalue weighted by molar-refractivity contribution is -0.189. The van der Waals surface area contributed by atoms with Gasteiger partial charge in [-0.15, -0.1) is 0 Å². The quantitative estimate of drug-likeness (QED) is 0.108. The Bertz CT molecular complexity index is 1910. The molecule has 0 bridgehead atoms. The molecule has 0 saturated carbocycles. The number of hydrogen-bond acceptors (Lipinski definition) is 2. The molecule has 0 amide bonds. The van der Waals surface area contributed by atoms with Crippen LogP contribution in [0.3, 0.4) is 0 Å². The summed E-state index contributed by atoms with van der Waals surface area (Å²) in [7, 11) is 0. The van der Waals surface area contributed by atoms with Crippen LogP contribution in [-0.4, -0.2) is 4.98 Å². The van der Waals surface area contributed by atoms with E-state index in [2.05, 4.69) is 16.6 Å². The molecular weight excluding hydrogens is 652 g/mol. The standard InChI is InChI=1S/C36H25F10NO/c1-2-3-4-5-20-6-13-33(47-19-20)22-7-10-26(28(37)15-22)23-16-31(40)34(32(41)17-23)36(45,46)48-24-9-11-25(29(38)18-24)21-8-12-27(30(39)14-21)35(42,43)44/h6-19H,2-5H2,1H3. The minimum atomic E-state index is -5.00. The molecule has 12 heteroatoms. The molecule has 0 spiro atoms. The number of aryl methyl sites for hydroxylation is 1. The van der Waals surface area contributed by atoms with Crippen molar-refractivity contribution in [3.8, 4) is 39.3 Å². The average Bonchev–Trinajstić information content (AvgIpc) is 3.00. The normalized spacial score (nSPS) is 12.0. The number of rotatable bonds is 10. The number of benzene rings is 4. The molecule has 0 saturated heterocycles. The van der Waals surface area contributed by atoms with Crippen molar-refractivity contribution in [1.29, 1.82) is 0 Å². The lowest BCUT2D eigenvalue weighted by Crippen LogP contribution is -2.25. The van der Waals surface area contributed by atoms with E-state index in [9.17, 15) is 22.0 Å². The molecule has 0 fully saturated rings. The molecule has 2 nitrogen and oxygen atoms in total. The van der Waals surface area contributed by atoms with Gasteiger partial charge in [-0.25, -0.2) is 22.0 Å². The van der Waals surface area contributed by atoms with E-state index < -0.39 is 63.8 Å². The van der Waals surface area contributed by atoms with Gasteiger partial charge in [0.1, 0.15) is 40.4 Å². The summed E-state index contributed by atoms with van der Waals surface area (Å²) in [6, 6.07) is 12.0. The summed E-state index contributed by atoms with van der Waals surface area (Å²) >= 11 is 0. The number of aromatic nitrogens is 1. The zero-order valence-electron chi connectivity index (χ0n) is 25.0. The Balaban J connectivity index is 1.35. The second kappa shape index (κ2) is 13.7. The lowest BCUT2D eigenvalue weighted by Gasteiger charge is -2.20. The molecule has 0 atom stereocenters. The summed E-state index contributed by atoms with van der Waals surface area (Å²) in [5, 5.41) is 0. The van der Waals surface area contributed by atoms with Crippen LogP contribution in [0.2, 0.25) is 0 Å². The highest BCUT2D eigenvalue weighted by Crippen LogP contribution is 2.39. The summed E-state index contributed by atoms with van der Waals surface area (Å²) in [4.78, 5) is 4.35. The third kappa shape index (κ3) is 7.48. The van der Waals surface area contributed by atoms with Crippen molar-refractivity contribution in [2.45, 2.75) is 44.9 Å². The summed E-state index contributed by atoms with van der Waals surface area (Å²) in [6.07, 6.45) is -3.99. The van der Waals surface area contributed by atoms with Crippen LogP contribution < -0.4 is 4.74 Å². The summed E-state index contributed by atoms with van der Waals surface area (Å²) in [5.74, 6) is -8.33. The van der Waals surface area contributed by atoms with Crippen molar-refractivity contribution in [2.24, 2.45) is 0 Å². The van der Waals surface area contributed by atoms with Gasteiger partial charge in [0.05, 0.1) is 11.3 Å². The highest BCUT2D eigenvalue weighted by Gasteiger charge is 2.41. The Labute approximate surface area is 268 Å². The third-order valence-corrected chi connectivity index (χ3v) is 7.57. The van der Waals surface area contributed by atoms with E-state index in [1.165, 1.54) is 12.1 Å². The molecule has 250 valence electrons. The molecule has 0 unspecified atom stereocenters. The van der Waals surface area contributed by atoms with E-state index in [0.717, 1.165) is 55.5 Å². The van der Waals surface area contributed by atoms with E-state index in [1.807, 2.05) is 6.07 Å². The van der Waals surface area contributed by atoms with Crippen LogP contribution in [0.5, 0.6) is 5.75 Å². The topological polar surface area (TPSA) is 22.1 Å². The van der Waals surface area contributed by atoms with Gasteiger partial charge >= 0.3 is 12.3 Å². The fourth-order valence-corrected chi connectivity index (χ4v) is 5.14. The minimum Gasteiger partial charge on any atom is -0.429 e. The van der Waals surface area contributed by atoms with Gasteiger partial charge in [0.25, 0.3) is 0 Å². The molecule has 1 heterocycles. The lowest BCUT2D eigenvalue weighted by atomic mass is 9.99. The third-order valence-electron chi connectivity index (χ3n) is 7.57. The van der Waals surface area contributed by atoms with Crippen LogP contribution >= 0.6 is 0 Å². The van der Waals surface area contributed by atoms with Gasteiger partial charge in [-0.1, -0.05) is 44.0 Å². The predicted molar refractivity (Wildman–Crippen MR) is 160 cm³/mol. The van der Waals surface area contributed by atoms with Gasteiger partial charge in [-0.05, 0) is 78.1 Å². The van der Waals surface area contributed by atoms with Gasteiger partial charge in [0.2, 0.25) is 0 Å². The van der Waals surface area contributed by atoms with Crippen molar-refractivity contribution in [2.75, 3.05) is 0 Å². The number of hydrogen-bond donors (Lipinski definition) is 0. The molecule has 5 aromatic rings. The molecule has 0 N–H and O–H groups in total. The van der Waals surface area contributed by atoms with E-state index in [0.29, 0.717) is 41.6 Å². The number of halogens is 10. The van der Waals surface area contributed by atoms with Crippen LogP contribution in [0.1, 0.15) is 42.9 Å². The fourth-order valence-electron chi connectivity index (χ4n) is 5.14. The van der Waals surface area contributed by atoms with Crippen LogP contribution in [0.25, 0.3) is 33.5 Å². The van der Waals surface area contributed by atoms with Crippen molar-refractivity contribution < 1.29 is 48.6 Å². The Morgan fingerprint density at radius 2 is 1.21 bits per heavy atom. The Morgan fingerprint density at radius 3 is 1.79 bits per heavy atom. The van der Waals surface area contributed by atoms with E-state index >= 15 is 22.0 Å². The predicted octanol–water partition coefficient (Wildman–Crippen LogP) is 11.7. The van der Waals surface area contributed by atoms with E-state index in [4.69, 9.17) is 0 Å². The number of pyridine rings is 1. The van der Waals surface area contributed by atoms with Crippen molar-refractivity contribution in [3.63, 3.8) is 0 Å². The fraction of sp³-hybridized carbons (Fsp3) is 0.194. The van der Waals surface area contributed by atoms with Crippen molar-refractivity contribution >= 4 is 0 Å². The van der Waals surface area contributed by atoms with Gasteiger partial charge in [0, 0.05) is 29.0 Å². The molecule has 0 aliphatic rings. The first-order chi connectivity index (χ1) is 22.7. The second-order valence-electron chi connectivity index (χ2n) is 11.0. The summed E-state index contributed by atoms with van der Waals surface area (Å²) < 4.78 is 147. The smallest absolute Gasteiger partial charge is 0.429 e. The number of ether oxygens (including phenoxy) is 1. The number of alkyl halides is 5. The Morgan fingerprint density at radius 1 is 0.604 bits per heavy atom. The van der Waals surface area contributed by atoms with E-state index in [-0.39, 0.29) is 16.7 Å². The maximum Gasteiger partial charge on any atom is 0.432 e. The van der Waals surface area contributed by atoms with Gasteiger partial charge in [0.15, 0.2) is 0 Å². The number of nitrogens with zero attached hydrogens (tertiary/aromatic N) is 1. The molecule has 48 heavy (non-hydrogen) atoms. The SMILES string of the molecule is CCCCCc1ccc(-c2ccc(-c3cc(F)c(C(F)(F)Oc4ccc(-c5ccc(C(F)(F)F)c(F)c5)c(F)c4)c(F)c3)c(F)c2)nc1. The Hall–Kier alpha value is -4.87. The first-order valence-corrected chi connectivity index (χ1v) is 14.7. The molecular formula is C36H25F10NO. The average molecular weight is 678 g/mol. The first kappa shape index (κ1) is 34.5. The molecule has 5 rings (SSSR count). The van der Waals surface area contributed by atoms with Gasteiger partial charge in [-0.2, -0.15) is 22.0 Å². The van der Waals surface area contributed by atoms with Crippen molar-refractivity contribution in [1.82, 2.24) is 4.98 Å². The Kier molecular flexibility index (Phi) is 9.84. The zero-order valence-corrected chi connectivity index (χ0v) is 25.0. The van der Waals surface area contributed by atoms with E-state index in [1.54, 1.807) is 12.3 Å². The highest BCUT2D eigenvalue weighted by atomic mass is 19.4. The number of unbranched alkanes of at least 4 members (excludes halogenated alkanes) is 2. The van der Waals surface area contributed by atoms with Gasteiger partial charge in [-0.3, -0.25) is 4.98 Å². The summed E-state index contributed by atoms with van der Waals surface area (Å²) in [5.41, 5.74) is -3.01. The molecule has 4 aromatic carbocycles. The summed E-state index contributed by atoms with van der Waals surface area (Å²) in [6.45, 7) is 2.09. The molecule has 1 aromatic heterocycles. The maximum absolute atomic E-state index is 15.1. The van der Waals surface area contributed by atoms with Crippen molar-refractivity contribution in [3.05, 3.63) is 131 Å².